The van der Waals surface area contributed by atoms with Crippen LogP contribution < -0.4 is 10.1 Å². The van der Waals surface area contributed by atoms with Gasteiger partial charge in [-0.25, -0.2) is 4.79 Å². The summed E-state index contributed by atoms with van der Waals surface area (Å²) in [5.41, 5.74) is 1.27. The molecule has 1 heterocycles. The molecule has 0 unspecified atom stereocenters. The van der Waals surface area contributed by atoms with E-state index in [1.165, 1.54) is 0 Å². The minimum Gasteiger partial charge on any atom is -0.457 e. The molecule has 8 heteroatoms. The number of esters is 1. The van der Waals surface area contributed by atoms with Gasteiger partial charge in [0.05, 0.1) is 11.8 Å². The number of allylic oxidation sites excluding steroid dienone is 2. The first kappa shape index (κ1) is 25.9. The molecule has 3 aromatic rings. The predicted molar refractivity (Wildman–Crippen MR) is 144 cm³/mol. The molecule has 39 heavy (non-hydrogen) atoms. The van der Waals surface area contributed by atoms with Crippen molar-refractivity contribution >= 4 is 29.4 Å². The van der Waals surface area contributed by atoms with Crippen LogP contribution in [0.15, 0.2) is 97.1 Å². The maximum absolute atomic E-state index is 13.2. The molecule has 0 bridgehead atoms. The number of rotatable bonds is 9. The van der Waals surface area contributed by atoms with Crippen LogP contribution in [0.2, 0.25) is 0 Å². The zero-order valence-electron chi connectivity index (χ0n) is 21.2. The van der Waals surface area contributed by atoms with Gasteiger partial charge in [-0.1, -0.05) is 60.7 Å². The van der Waals surface area contributed by atoms with Gasteiger partial charge in [-0.05, 0) is 54.8 Å². The first-order valence-corrected chi connectivity index (χ1v) is 12.8. The molecule has 3 amide bonds. The third kappa shape index (κ3) is 6.06. The first-order chi connectivity index (χ1) is 19.0. The highest BCUT2D eigenvalue weighted by atomic mass is 16.5. The largest absolute Gasteiger partial charge is 0.457 e. The van der Waals surface area contributed by atoms with Gasteiger partial charge in [-0.3, -0.25) is 19.3 Å². The predicted octanol–water partition coefficient (Wildman–Crippen LogP) is 4.52. The Hall–Kier alpha value is -4.72. The summed E-state index contributed by atoms with van der Waals surface area (Å²) in [5, 5.41) is 2.68. The molecule has 198 valence electrons. The summed E-state index contributed by atoms with van der Waals surface area (Å²) < 4.78 is 11.1. The quantitative estimate of drug-likeness (QED) is 0.251. The number of carbonyl (C=O) groups is 4. The normalized spacial score (nSPS) is 18.8. The lowest BCUT2D eigenvalue weighted by atomic mass is 9.85. The van der Waals surface area contributed by atoms with Crippen LogP contribution in [0.1, 0.15) is 18.4 Å². The lowest BCUT2D eigenvalue weighted by molar-refractivity contribution is -0.159. The average molecular weight is 525 g/mol. The van der Waals surface area contributed by atoms with Gasteiger partial charge in [-0.15, -0.1) is 0 Å². The van der Waals surface area contributed by atoms with Gasteiger partial charge in [0.15, 0.2) is 6.61 Å². The number of likely N-dealkylation sites (tertiary alicyclic amines) is 1. The van der Waals surface area contributed by atoms with Gasteiger partial charge >= 0.3 is 5.97 Å². The molecule has 1 aliphatic heterocycles. The van der Waals surface area contributed by atoms with Crippen LogP contribution in [0.3, 0.4) is 0 Å². The molecule has 2 aliphatic rings. The summed E-state index contributed by atoms with van der Waals surface area (Å²) in [4.78, 5) is 53.2. The van der Waals surface area contributed by atoms with E-state index in [-0.39, 0.29) is 18.2 Å². The Morgan fingerprint density at radius 3 is 1.97 bits per heavy atom. The van der Waals surface area contributed by atoms with E-state index in [1.54, 1.807) is 24.3 Å². The average Bonchev–Trinajstić information content (AvgIpc) is 3.22. The number of imide groups is 1. The van der Waals surface area contributed by atoms with E-state index in [0.717, 1.165) is 10.5 Å². The summed E-state index contributed by atoms with van der Waals surface area (Å²) >= 11 is 0. The number of para-hydroxylation sites is 1. The van der Waals surface area contributed by atoms with Gasteiger partial charge in [-0.2, -0.15) is 0 Å². The van der Waals surface area contributed by atoms with E-state index < -0.39 is 36.4 Å². The monoisotopic (exact) mass is 524 g/mol. The molecule has 8 nitrogen and oxygen atoms in total. The lowest BCUT2D eigenvalue weighted by Crippen LogP contribution is -2.48. The summed E-state index contributed by atoms with van der Waals surface area (Å²) in [6.45, 7) is -0.559. The second-order valence-corrected chi connectivity index (χ2v) is 9.50. The zero-order valence-corrected chi connectivity index (χ0v) is 21.2. The van der Waals surface area contributed by atoms with Gasteiger partial charge < -0.3 is 14.8 Å². The summed E-state index contributed by atoms with van der Waals surface area (Å²) in [7, 11) is 0. The Morgan fingerprint density at radius 1 is 0.795 bits per heavy atom. The maximum atomic E-state index is 13.2. The number of ether oxygens (including phenoxy) is 2. The Bertz CT molecular complexity index is 1350. The molecule has 1 saturated heterocycles. The molecular formula is C31H28N2O6. The molecule has 0 saturated carbocycles. The van der Waals surface area contributed by atoms with Crippen LogP contribution in [-0.4, -0.2) is 41.2 Å². The Kier molecular flexibility index (Phi) is 7.82. The first-order valence-electron chi connectivity index (χ1n) is 12.8. The van der Waals surface area contributed by atoms with E-state index in [1.807, 2.05) is 72.8 Å². The fourth-order valence-electron chi connectivity index (χ4n) is 4.91. The topological polar surface area (TPSA) is 102 Å². The number of fused-ring (bicyclic) bond motifs is 1. The Morgan fingerprint density at radius 2 is 1.36 bits per heavy atom. The van der Waals surface area contributed by atoms with Gasteiger partial charge in [0.2, 0.25) is 11.8 Å². The fourth-order valence-corrected chi connectivity index (χ4v) is 4.91. The van der Waals surface area contributed by atoms with Gasteiger partial charge in [0, 0.05) is 12.1 Å². The van der Waals surface area contributed by atoms with Crippen molar-refractivity contribution in [1.82, 2.24) is 4.90 Å². The minimum atomic E-state index is -1.15. The number of benzene rings is 3. The highest BCUT2D eigenvalue weighted by molar-refractivity contribution is 6.08. The second-order valence-electron chi connectivity index (χ2n) is 9.50. The second kappa shape index (κ2) is 11.8. The Balaban J connectivity index is 1.22. The number of amides is 3. The summed E-state index contributed by atoms with van der Waals surface area (Å²) in [6.07, 6.45) is 4.83. The number of carbonyl (C=O) groups excluding carboxylic acids is 4. The van der Waals surface area contributed by atoms with Crippen molar-refractivity contribution in [3.63, 3.8) is 0 Å². The van der Waals surface area contributed by atoms with Crippen molar-refractivity contribution in [1.29, 1.82) is 0 Å². The van der Waals surface area contributed by atoms with Crippen molar-refractivity contribution in [2.45, 2.75) is 25.3 Å². The fraction of sp³-hybridized carbons (Fsp3) is 0.226. The van der Waals surface area contributed by atoms with Crippen LogP contribution in [0.25, 0.3) is 0 Å². The molecule has 0 radical (unpaired) electrons. The molecule has 0 spiro atoms. The number of nitrogens with zero attached hydrogens (tertiary/aromatic N) is 1. The van der Waals surface area contributed by atoms with Crippen LogP contribution in [0, 0.1) is 11.8 Å². The lowest BCUT2D eigenvalue weighted by Gasteiger charge is -2.25. The molecule has 1 N–H and O–H groups in total. The van der Waals surface area contributed by atoms with Crippen LogP contribution in [0.4, 0.5) is 5.69 Å². The highest BCUT2D eigenvalue weighted by Gasteiger charge is 2.51. The van der Waals surface area contributed by atoms with Crippen molar-refractivity contribution in [2.75, 3.05) is 11.9 Å². The molecule has 1 fully saturated rings. The number of nitrogens with one attached hydrogen (secondary N) is 1. The highest BCUT2D eigenvalue weighted by Crippen LogP contribution is 2.36. The smallest absolute Gasteiger partial charge is 0.330 e. The Labute approximate surface area is 226 Å². The molecule has 0 aromatic heterocycles. The summed E-state index contributed by atoms with van der Waals surface area (Å²) in [6, 6.07) is 24.0. The number of hydrogen-bond acceptors (Lipinski definition) is 6. The molecular weight excluding hydrogens is 496 g/mol. The van der Waals surface area contributed by atoms with Crippen molar-refractivity contribution < 1.29 is 28.7 Å². The molecule has 1 aliphatic carbocycles. The van der Waals surface area contributed by atoms with Crippen molar-refractivity contribution in [3.8, 4) is 11.5 Å². The molecule has 3 atom stereocenters. The van der Waals surface area contributed by atoms with Crippen LogP contribution in [0.5, 0.6) is 11.5 Å². The SMILES string of the molecule is O=C(COC(=O)[C@H](Cc1ccccc1)N1C(=O)[C@@H]2CC=CC[C@H]2C1=O)Nc1ccc(Oc2ccccc2)cc1. The number of hydrogen-bond donors (Lipinski definition) is 1. The van der Waals surface area contributed by atoms with Crippen LogP contribution in [-0.2, 0) is 30.3 Å². The van der Waals surface area contributed by atoms with Crippen molar-refractivity contribution in [3.05, 3.63) is 103 Å². The third-order valence-corrected chi connectivity index (χ3v) is 6.86. The summed E-state index contributed by atoms with van der Waals surface area (Å²) in [5.74, 6) is -1.72. The van der Waals surface area contributed by atoms with Gasteiger partial charge in [0.25, 0.3) is 5.91 Å². The van der Waals surface area contributed by atoms with Crippen LogP contribution >= 0.6 is 0 Å². The number of anilines is 1. The van der Waals surface area contributed by atoms with Gasteiger partial charge in [0.1, 0.15) is 17.5 Å². The molecule has 3 aromatic carbocycles. The van der Waals surface area contributed by atoms with E-state index in [0.29, 0.717) is 30.0 Å². The maximum Gasteiger partial charge on any atom is 0.330 e. The minimum absolute atomic E-state index is 0.106. The van der Waals surface area contributed by atoms with E-state index in [9.17, 15) is 19.2 Å². The van der Waals surface area contributed by atoms with E-state index >= 15 is 0 Å². The standard InChI is InChI=1S/C31H28N2O6/c34-28(32-22-15-17-24(18-16-22)39-23-11-5-2-6-12-23)20-38-31(37)27(19-21-9-3-1-4-10-21)33-29(35)25-13-7-8-14-26(25)30(33)36/h1-12,15-18,25-27H,13-14,19-20H2,(H,32,34)/t25-,26-,27+/m1/s1. The third-order valence-electron chi connectivity index (χ3n) is 6.86. The zero-order chi connectivity index (χ0) is 27.2. The van der Waals surface area contributed by atoms with E-state index in [4.69, 9.17) is 9.47 Å². The van der Waals surface area contributed by atoms with E-state index in [2.05, 4.69) is 5.32 Å². The molecule has 5 rings (SSSR count). The van der Waals surface area contributed by atoms with Crippen molar-refractivity contribution in [2.24, 2.45) is 11.8 Å².